The van der Waals surface area contributed by atoms with Crippen LogP contribution in [0.3, 0.4) is 0 Å². The van der Waals surface area contributed by atoms with Crippen molar-refractivity contribution >= 4 is 5.97 Å². The molecule has 0 aromatic heterocycles. The molecule has 3 rings (SSSR count). The Hall–Kier alpha value is -2.09. The smallest absolute Gasteiger partial charge is 0.500 e. The number of carbonyl (C=O) groups is 1. The van der Waals surface area contributed by atoms with Crippen molar-refractivity contribution in [3.63, 3.8) is 0 Å². The van der Waals surface area contributed by atoms with Crippen molar-refractivity contribution in [1.29, 1.82) is 0 Å². The van der Waals surface area contributed by atoms with Gasteiger partial charge >= 0.3 is 17.1 Å². The summed E-state index contributed by atoms with van der Waals surface area (Å²) in [6, 6.07) is 25.5. The summed E-state index contributed by atoms with van der Waals surface area (Å²) in [6.07, 6.45) is 0. The van der Waals surface area contributed by atoms with Gasteiger partial charge in [-0.25, -0.2) is 12.1 Å². The van der Waals surface area contributed by atoms with E-state index < -0.39 is 0 Å². The van der Waals surface area contributed by atoms with E-state index in [1.54, 1.807) is 6.07 Å². The zero-order chi connectivity index (χ0) is 14.2. The second-order valence-corrected chi connectivity index (χ2v) is 4.23. The quantitative estimate of drug-likeness (QED) is 0.397. The number of hydrogen-bond donors (Lipinski definition) is 0. The van der Waals surface area contributed by atoms with Crippen LogP contribution in [0.5, 0.6) is 5.75 Å². The number of esters is 1. The van der Waals surface area contributed by atoms with E-state index >= 15 is 0 Å². The van der Waals surface area contributed by atoms with E-state index in [9.17, 15) is 4.79 Å². The fourth-order valence-electron chi connectivity index (χ4n) is 1.82. The fourth-order valence-corrected chi connectivity index (χ4v) is 1.82. The normalized spacial score (nSPS) is 9.00. The maximum atomic E-state index is 10.9. The van der Waals surface area contributed by atoms with Gasteiger partial charge in [0, 0.05) is 6.92 Å². The van der Waals surface area contributed by atoms with Crippen molar-refractivity contribution in [3.8, 4) is 16.9 Å². The Balaban J connectivity index is 0.000000313. The summed E-state index contributed by atoms with van der Waals surface area (Å²) in [7, 11) is 0. The van der Waals surface area contributed by atoms with Gasteiger partial charge < -0.3 is 4.74 Å². The van der Waals surface area contributed by atoms with E-state index in [1.165, 1.54) is 6.92 Å². The summed E-state index contributed by atoms with van der Waals surface area (Å²) in [5.74, 6) is 0.326. The first-order valence-corrected chi connectivity index (χ1v) is 6.43. The van der Waals surface area contributed by atoms with Crippen LogP contribution in [0.25, 0.3) is 11.1 Å². The molecule has 2 nitrogen and oxygen atoms in total. The van der Waals surface area contributed by atoms with Gasteiger partial charge in [0.1, 0.15) is 0 Å². The van der Waals surface area contributed by atoms with Crippen molar-refractivity contribution in [2.75, 3.05) is 0 Å². The Morgan fingerprint density at radius 2 is 1.67 bits per heavy atom. The van der Waals surface area contributed by atoms with Gasteiger partial charge in [0.05, 0.1) is 5.75 Å². The first kappa shape index (κ1) is 17.0. The second-order valence-electron chi connectivity index (χ2n) is 4.23. The predicted molar refractivity (Wildman–Crippen MR) is 80.8 cm³/mol. The van der Waals surface area contributed by atoms with Crippen molar-refractivity contribution in [3.05, 3.63) is 78.9 Å². The zero-order valence-corrected chi connectivity index (χ0v) is 12.8. The van der Waals surface area contributed by atoms with Gasteiger partial charge in [-0.3, -0.25) is 4.79 Å². The minimum Gasteiger partial charge on any atom is -0.500 e. The van der Waals surface area contributed by atoms with E-state index in [2.05, 4.69) is 0 Å². The largest absolute Gasteiger partial charge is 2.00 e. The number of carbonyl (C=O) groups excluding carboxylic acids is 1. The van der Waals surface area contributed by atoms with Crippen molar-refractivity contribution in [1.82, 2.24) is 0 Å². The molecule has 0 radical (unpaired) electrons. The van der Waals surface area contributed by atoms with Crippen molar-refractivity contribution in [2.24, 2.45) is 0 Å². The molecule has 3 heteroatoms. The molecule has 0 N–H and O–H groups in total. The minimum absolute atomic E-state index is 0. The molecule has 3 aromatic carbocycles. The molecule has 0 saturated heterocycles. The third-order valence-electron chi connectivity index (χ3n) is 2.67. The summed E-state index contributed by atoms with van der Waals surface area (Å²) in [5, 5.41) is 0. The summed E-state index contributed by atoms with van der Waals surface area (Å²) in [6.45, 7) is 1.40. The van der Waals surface area contributed by atoms with Gasteiger partial charge in [-0.1, -0.05) is 47.5 Å². The predicted octanol–water partition coefficient (Wildman–Crippen LogP) is 4.40. The summed E-state index contributed by atoms with van der Waals surface area (Å²) >= 11 is 0. The molecule has 0 aliphatic rings. The van der Waals surface area contributed by atoms with Crippen LogP contribution in [0.2, 0.25) is 0 Å². The summed E-state index contributed by atoms with van der Waals surface area (Å²) in [5.41, 5.74) is 2.00. The Bertz CT molecular complexity index is 607. The Labute approximate surface area is 135 Å². The first-order chi connectivity index (χ1) is 9.77. The second kappa shape index (κ2) is 8.96. The van der Waals surface area contributed by atoms with Gasteiger partial charge in [-0.2, -0.15) is 18.2 Å². The summed E-state index contributed by atoms with van der Waals surface area (Å²) < 4.78 is 5.10. The molecule has 0 fully saturated rings. The molecular weight excluding hydrogens is 304 g/mol. The van der Waals surface area contributed by atoms with Crippen LogP contribution in [-0.4, -0.2) is 5.97 Å². The molecule has 0 saturated carbocycles. The van der Waals surface area contributed by atoms with E-state index in [4.69, 9.17) is 4.74 Å². The van der Waals surface area contributed by atoms with Crippen LogP contribution in [0.15, 0.2) is 78.9 Å². The van der Waals surface area contributed by atoms with E-state index in [-0.39, 0.29) is 23.0 Å². The maximum Gasteiger partial charge on any atom is 2.00 e. The molecule has 0 atom stereocenters. The third-order valence-corrected chi connectivity index (χ3v) is 2.67. The average Bonchev–Trinajstić information content (AvgIpc) is 3.13. The molecule has 0 amide bonds. The van der Waals surface area contributed by atoms with Crippen molar-refractivity contribution < 1.29 is 26.6 Å². The molecule has 0 heterocycles. The molecule has 0 spiro atoms. The molecule has 0 aliphatic heterocycles. The van der Waals surface area contributed by atoms with E-state index in [0.29, 0.717) is 5.75 Å². The van der Waals surface area contributed by atoms with Crippen LogP contribution in [0.4, 0.5) is 0 Å². The standard InChI is InChI=1S/C13H11O2.C5H5.Fe/c1-10(14)15-13-9-5-8-12(13)11-6-3-2-4-7-11;1-2-4-5-3-1;/h2-9H,1H3;1-5H;/q2*-1;+2. The molecule has 108 valence electrons. The zero-order valence-electron chi connectivity index (χ0n) is 11.7. The van der Waals surface area contributed by atoms with Crippen LogP contribution < -0.4 is 4.74 Å². The number of hydrogen-bond acceptors (Lipinski definition) is 2. The Morgan fingerprint density at radius 3 is 2.19 bits per heavy atom. The van der Waals surface area contributed by atoms with Crippen LogP contribution >= 0.6 is 0 Å². The number of ether oxygens (including phenoxy) is 1. The Kier molecular flexibility index (Phi) is 7.24. The maximum absolute atomic E-state index is 10.9. The van der Waals surface area contributed by atoms with Gasteiger partial charge in [0.25, 0.3) is 0 Å². The molecule has 0 bridgehead atoms. The fraction of sp³-hybridized carbons (Fsp3) is 0.0556. The molecular formula is C18H16FeO2. The first-order valence-electron chi connectivity index (χ1n) is 6.43. The number of rotatable bonds is 2. The third kappa shape index (κ3) is 5.42. The summed E-state index contributed by atoms with van der Waals surface area (Å²) in [4.78, 5) is 10.9. The average molecular weight is 320 g/mol. The van der Waals surface area contributed by atoms with Gasteiger partial charge in [-0.05, 0) is 0 Å². The minimum atomic E-state index is -0.293. The molecule has 0 aliphatic carbocycles. The Morgan fingerprint density at radius 1 is 1.00 bits per heavy atom. The van der Waals surface area contributed by atoms with Gasteiger partial charge in [-0.15, -0.1) is 12.1 Å². The van der Waals surface area contributed by atoms with E-state index in [1.807, 2.05) is 72.8 Å². The SMILES string of the molecule is CC(=O)O[c-]1cccc1-c1ccccc1.[Fe+2].c1cc[cH-]c1. The topological polar surface area (TPSA) is 26.3 Å². The molecule has 3 aromatic rings. The van der Waals surface area contributed by atoms with Crippen molar-refractivity contribution in [2.45, 2.75) is 6.92 Å². The van der Waals surface area contributed by atoms with E-state index in [0.717, 1.165) is 11.1 Å². The van der Waals surface area contributed by atoms with Crippen LogP contribution in [-0.2, 0) is 21.9 Å². The van der Waals surface area contributed by atoms with Crippen LogP contribution in [0.1, 0.15) is 6.92 Å². The van der Waals surface area contributed by atoms with Gasteiger partial charge in [0.15, 0.2) is 0 Å². The van der Waals surface area contributed by atoms with Gasteiger partial charge in [0.2, 0.25) is 5.97 Å². The number of benzene rings is 1. The molecule has 0 unspecified atom stereocenters. The molecule has 21 heavy (non-hydrogen) atoms. The van der Waals surface area contributed by atoms with Crippen LogP contribution in [0, 0.1) is 0 Å². The monoisotopic (exact) mass is 320 g/mol.